The van der Waals surface area contributed by atoms with E-state index in [0.717, 1.165) is 30.6 Å². The van der Waals surface area contributed by atoms with Crippen molar-refractivity contribution in [3.63, 3.8) is 0 Å². The Labute approximate surface area is 135 Å². The number of ether oxygens (including phenoxy) is 1. The monoisotopic (exact) mass is 314 g/mol. The predicted molar refractivity (Wildman–Crippen MR) is 88.9 cm³/mol. The molecule has 2 amide bonds. The number of aryl methyl sites for hydroxylation is 1. The second kappa shape index (κ2) is 6.42. The van der Waals surface area contributed by atoms with E-state index >= 15 is 0 Å². The second-order valence-electron chi connectivity index (χ2n) is 5.97. The van der Waals surface area contributed by atoms with Gasteiger partial charge in [-0.15, -0.1) is 5.10 Å². The van der Waals surface area contributed by atoms with Gasteiger partial charge in [-0.3, -0.25) is 5.32 Å². The number of para-hydroxylation sites is 1. The van der Waals surface area contributed by atoms with Crippen LogP contribution >= 0.6 is 0 Å². The number of rotatable bonds is 5. The van der Waals surface area contributed by atoms with Crippen molar-refractivity contribution in [3.05, 3.63) is 42.1 Å². The van der Waals surface area contributed by atoms with Gasteiger partial charge in [-0.05, 0) is 38.3 Å². The van der Waals surface area contributed by atoms with Gasteiger partial charge in [0.25, 0.3) is 0 Å². The number of benzene rings is 1. The summed E-state index contributed by atoms with van der Waals surface area (Å²) in [6.07, 6.45) is 3.13. The highest BCUT2D eigenvalue weighted by atomic mass is 16.5. The van der Waals surface area contributed by atoms with Crippen molar-refractivity contribution in [1.29, 1.82) is 0 Å². The Morgan fingerprint density at radius 1 is 1.35 bits per heavy atom. The first kappa shape index (κ1) is 15.6. The van der Waals surface area contributed by atoms with Crippen LogP contribution < -0.4 is 10.6 Å². The van der Waals surface area contributed by atoms with E-state index in [1.165, 1.54) is 0 Å². The molecule has 1 aliphatic carbocycles. The summed E-state index contributed by atoms with van der Waals surface area (Å²) in [6, 6.07) is 11.4. The molecule has 2 aromatic rings. The van der Waals surface area contributed by atoms with Crippen LogP contribution in [-0.2, 0) is 4.74 Å². The standard InChI is InChI=1S/C17H22N4O2/c1-13-11-15(20-21(13)14-7-4-3-5-8-14)19-16(22)18-12-17(23-2)9-6-10-17/h3-5,7-8,11H,6,9-10,12H2,1-2H3,(H2,18,19,20,22). The summed E-state index contributed by atoms with van der Waals surface area (Å²) in [5, 5.41) is 10.1. The molecule has 1 heterocycles. The van der Waals surface area contributed by atoms with Gasteiger partial charge in [0.1, 0.15) is 0 Å². The van der Waals surface area contributed by atoms with Crippen molar-refractivity contribution in [1.82, 2.24) is 15.1 Å². The van der Waals surface area contributed by atoms with Gasteiger partial charge in [0.2, 0.25) is 0 Å². The number of carbonyl (C=O) groups is 1. The lowest BCUT2D eigenvalue weighted by Crippen LogP contribution is -2.50. The first-order valence-electron chi connectivity index (χ1n) is 7.84. The van der Waals surface area contributed by atoms with Crippen molar-refractivity contribution in [3.8, 4) is 5.69 Å². The van der Waals surface area contributed by atoms with Crippen LogP contribution in [0.15, 0.2) is 36.4 Å². The van der Waals surface area contributed by atoms with Gasteiger partial charge in [0.05, 0.1) is 11.3 Å². The Bertz CT molecular complexity index is 672. The van der Waals surface area contributed by atoms with Gasteiger partial charge < -0.3 is 10.1 Å². The summed E-state index contributed by atoms with van der Waals surface area (Å²) < 4.78 is 7.30. The Hall–Kier alpha value is -2.34. The van der Waals surface area contributed by atoms with Gasteiger partial charge in [0.15, 0.2) is 5.82 Å². The Kier molecular flexibility index (Phi) is 4.34. The molecule has 2 N–H and O–H groups in total. The van der Waals surface area contributed by atoms with Crippen LogP contribution in [0.5, 0.6) is 0 Å². The average molecular weight is 314 g/mol. The molecule has 6 nitrogen and oxygen atoms in total. The fourth-order valence-electron chi connectivity index (χ4n) is 2.79. The van der Waals surface area contributed by atoms with Crippen LogP contribution in [-0.4, -0.2) is 35.1 Å². The van der Waals surface area contributed by atoms with Crippen molar-refractivity contribution in [2.24, 2.45) is 0 Å². The Morgan fingerprint density at radius 3 is 2.70 bits per heavy atom. The van der Waals surface area contributed by atoms with Crippen LogP contribution in [0.4, 0.5) is 10.6 Å². The third-order valence-electron chi connectivity index (χ3n) is 4.40. The quantitative estimate of drug-likeness (QED) is 0.891. The fourth-order valence-corrected chi connectivity index (χ4v) is 2.79. The minimum Gasteiger partial charge on any atom is -0.376 e. The molecule has 0 radical (unpaired) electrons. The maximum atomic E-state index is 12.0. The van der Waals surface area contributed by atoms with Crippen LogP contribution in [0.2, 0.25) is 0 Å². The normalized spacial score (nSPS) is 15.7. The number of nitrogens with one attached hydrogen (secondary N) is 2. The molecular formula is C17H22N4O2. The highest BCUT2D eigenvalue weighted by molar-refractivity contribution is 5.88. The lowest BCUT2D eigenvalue weighted by Gasteiger charge is -2.40. The molecule has 0 aliphatic heterocycles. The number of hydrogen-bond acceptors (Lipinski definition) is 3. The number of anilines is 1. The first-order chi connectivity index (χ1) is 11.1. The zero-order valence-corrected chi connectivity index (χ0v) is 13.5. The number of urea groups is 1. The fraction of sp³-hybridized carbons (Fsp3) is 0.412. The Morgan fingerprint density at radius 2 is 2.09 bits per heavy atom. The molecule has 6 heteroatoms. The molecule has 3 rings (SSSR count). The predicted octanol–water partition coefficient (Wildman–Crippen LogP) is 2.87. The SMILES string of the molecule is COC1(CNC(=O)Nc2cc(C)n(-c3ccccc3)n2)CCC1. The van der Waals surface area contributed by atoms with Crippen molar-refractivity contribution < 1.29 is 9.53 Å². The highest BCUT2D eigenvalue weighted by Gasteiger charge is 2.37. The van der Waals surface area contributed by atoms with E-state index in [-0.39, 0.29) is 11.6 Å². The molecule has 122 valence electrons. The van der Waals surface area contributed by atoms with Gasteiger partial charge in [-0.25, -0.2) is 9.48 Å². The van der Waals surface area contributed by atoms with Gasteiger partial charge in [-0.2, -0.15) is 0 Å². The topological polar surface area (TPSA) is 68.2 Å². The van der Waals surface area contributed by atoms with Crippen molar-refractivity contribution in [2.45, 2.75) is 31.8 Å². The van der Waals surface area contributed by atoms with Gasteiger partial charge in [0, 0.05) is 25.4 Å². The molecule has 1 aromatic carbocycles. The molecule has 1 aromatic heterocycles. The smallest absolute Gasteiger partial charge is 0.320 e. The number of amides is 2. The van der Waals surface area contributed by atoms with Crippen molar-refractivity contribution >= 4 is 11.8 Å². The minimum absolute atomic E-state index is 0.184. The van der Waals surface area contributed by atoms with Crippen molar-refractivity contribution in [2.75, 3.05) is 19.0 Å². The van der Waals surface area contributed by atoms with E-state index in [9.17, 15) is 4.79 Å². The minimum atomic E-state index is -0.258. The summed E-state index contributed by atoms with van der Waals surface area (Å²) >= 11 is 0. The summed E-state index contributed by atoms with van der Waals surface area (Å²) in [5.41, 5.74) is 1.74. The summed E-state index contributed by atoms with van der Waals surface area (Å²) in [4.78, 5) is 12.0. The molecule has 23 heavy (non-hydrogen) atoms. The van der Waals surface area contributed by atoms with Gasteiger partial charge >= 0.3 is 6.03 Å². The van der Waals surface area contributed by atoms with Crippen LogP contribution in [0, 0.1) is 6.92 Å². The third kappa shape index (κ3) is 3.37. The molecule has 0 saturated heterocycles. The van der Waals surface area contributed by atoms with Crippen LogP contribution in [0.1, 0.15) is 25.0 Å². The van der Waals surface area contributed by atoms with E-state index in [1.807, 2.05) is 43.3 Å². The number of carbonyl (C=O) groups excluding carboxylic acids is 1. The first-order valence-corrected chi connectivity index (χ1v) is 7.84. The van der Waals surface area contributed by atoms with E-state index < -0.39 is 0 Å². The van der Waals surface area contributed by atoms with Crippen LogP contribution in [0.3, 0.4) is 0 Å². The van der Waals surface area contributed by atoms with Gasteiger partial charge in [-0.1, -0.05) is 18.2 Å². The maximum absolute atomic E-state index is 12.0. The number of aromatic nitrogens is 2. The molecule has 0 unspecified atom stereocenters. The molecule has 1 saturated carbocycles. The van der Waals surface area contributed by atoms with E-state index in [1.54, 1.807) is 11.8 Å². The molecule has 1 aliphatic rings. The summed E-state index contributed by atoms with van der Waals surface area (Å²) in [7, 11) is 1.70. The van der Waals surface area contributed by atoms with E-state index in [2.05, 4.69) is 15.7 Å². The maximum Gasteiger partial charge on any atom is 0.320 e. The third-order valence-corrected chi connectivity index (χ3v) is 4.40. The Balaban J connectivity index is 1.61. The lowest BCUT2D eigenvalue weighted by atomic mass is 9.80. The molecule has 0 bridgehead atoms. The molecular weight excluding hydrogens is 292 g/mol. The largest absolute Gasteiger partial charge is 0.376 e. The number of nitrogens with zero attached hydrogens (tertiary/aromatic N) is 2. The highest BCUT2D eigenvalue weighted by Crippen LogP contribution is 2.34. The average Bonchev–Trinajstić information content (AvgIpc) is 2.88. The number of methoxy groups -OCH3 is 1. The summed E-state index contributed by atoms with van der Waals surface area (Å²) in [5.74, 6) is 0.531. The van der Waals surface area contributed by atoms with E-state index in [4.69, 9.17) is 4.74 Å². The second-order valence-corrected chi connectivity index (χ2v) is 5.97. The zero-order chi connectivity index (χ0) is 16.3. The van der Waals surface area contributed by atoms with E-state index in [0.29, 0.717) is 12.4 Å². The molecule has 1 fully saturated rings. The summed E-state index contributed by atoms with van der Waals surface area (Å²) in [6.45, 7) is 2.48. The molecule has 0 atom stereocenters. The molecule has 0 spiro atoms. The number of hydrogen-bond donors (Lipinski definition) is 2. The lowest BCUT2D eigenvalue weighted by molar-refractivity contribution is -0.0671. The zero-order valence-electron chi connectivity index (χ0n) is 13.5. The van der Waals surface area contributed by atoms with Crippen LogP contribution in [0.25, 0.3) is 5.69 Å².